The normalized spacial score (nSPS) is 17.5. The number of morpholine rings is 1. The number of Topliss-reactive ketones (excluding diaryl/α,β-unsaturated/α-hetero) is 1. The van der Waals surface area contributed by atoms with Gasteiger partial charge in [-0.3, -0.25) is 14.6 Å². The molecule has 0 N–H and O–H groups in total. The number of aliphatic imine (C=N–C) groups is 1. The lowest BCUT2D eigenvalue weighted by molar-refractivity contribution is 0.0303. The van der Waals surface area contributed by atoms with Crippen LogP contribution in [-0.2, 0) is 11.2 Å². The number of benzene rings is 2. The van der Waals surface area contributed by atoms with Gasteiger partial charge in [-0.15, -0.1) is 0 Å². The third-order valence-corrected chi connectivity index (χ3v) is 5.75. The van der Waals surface area contributed by atoms with E-state index in [0.717, 1.165) is 23.4 Å². The summed E-state index contributed by atoms with van der Waals surface area (Å²) in [5, 5.41) is 0. The molecule has 0 atom stereocenters. The van der Waals surface area contributed by atoms with E-state index in [1.54, 1.807) is 36.3 Å². The van der Waals surface area contributed by atoms with Crippen molar-refractivity contribution < 1.29 is 19.1 Å². The number of ether oxygens (including phenoxy) is 2. The molecule has 31 heavy (non-hydrogen) atoms. The molecule has 2 aromatic carbocycles. The van der Waals surface area contributed by atoms with Crippen LogP contribution in [0.2, 0.25) is 0 Å². The van der Waals surface area contributed by atoms with Crippen molar-refractivity contribution in [2.75, 3.05) is 33.4 Å². The highest BCUT2D eigenvalue weighted by Crippen LogP contribution is 2.31. The summed E-state index contributed by atoms with van der Waals surface area (Å²) >= 11 is 0. The quantitative estimate of drug-likeness (QED) is 0.694. The van der Waals surface area contributed by atoms with Crippen molar-refractivity contribution in [3.63, 3.8) is 0 Å². The van der Waals surface area contributed by atoms with Crippen LogP contribution in [0.3, 0.4) is 0 Å². The van der Waals surface area contributed by atoms with E-state index in [0.29, 0.717) is 37.4 Å². The molecule has 0 unspecified atom stereocenters. The summed E-state index contributed by atoms with van der Waals surface area (Å²) in [5.41, 5.74) is 3.67. The highest BCUT2D eigenvalue weighted by atomic mass is 16.5. The second-order valence-electron chi connectivity index (χ2n) is 8.66. The van der Waals surface area contributed by atoms with Crippen molar-refractivity contribution in [1.29, 1.82) is 0 Å². The van der Waals surface area contributed by atoms with Gasteiger partial charge in [-0.05, 0) is 50.1 Å². The van der Waals surface area contributed by atoms with Crippen LogP contribution in [0.15, 0.2) is 47.5 Å². The number of hydrogen-bond donors (Lipinski definition) is 0. The maximum absolute atomic E-state index is 13.2. The number of carbonyl (C=O) groups excluding carboxylic acids is 2. The van der Waals surface area contributed by atoms with Gasteiger partial charge in [-0.1, -0.05) is 18.2 Å². The lowest BCUT2D eigenvalue weighted by atomic mass is 9.85. The minimum absolute atomic E-state index is 0.0538. The Hall–Kier alpha value is -2.99. The number of rotatable bonds is 5. The van der Waals surface area contributed by atoms with E-state index >= 15 is 0 Å². The van der Waals surface area contributed by atoms with Gasteiger partial charge in [0.1, 0.15) is 5.75 Å². The molecule has 4 rings (SSSR count). The topological polar surface area (TPSA) is 68.2 Å². The summed E-state index contributed by atoms with van der Waals surface area (Å²) in [4.78, 5) is 32.6. The summed E-state index contributed by atoms with van der Waals surface area (Å²) in [6.07, 6.45) is 0.992. The molecular weight excluding hydrogens is 392 g/mol. The van der Waals surface area contributed by atoms with Crippen molar-refractivity contribution in [2.45, 2.75) is 32.2 Å². The maximum atomic E-state index is 13.2. The summed E-state index contributed by atoms with van der Waals surface area (Å²) in [6.45, 7) is 6.38. The van der Waals surface area contributed by atoms with Gasteiger partial charge in [-0.25, -0.2) is 0 Å². The van der Waals surface area contributed by atoms with Gasteiger partial charge in [0.2, 0.25) is 0 Å². The molecule has 6 heteroatoms. The largest absolute Gasteiger partial charge is 0.497 e. The number of fused-ring (bicyclic) bond motifs is 1. The Kier molecular flexibility index (Phi) is 5.92. The summed E-state index contributed by atoms with van der Waals surface area (Å²) in [6, 6.07) is 12.9. The molecule has 6 nitrogen and oxygen atoms in total. The molecule has 162 valence electrons. The Bertz CT molecular complexity index is 1040. The van der Waals surface area contributed by atoms with Crippen LogP contribution in [0, 0.1) is 0 Å². The third-order valence-electron chi connectivity index (χ3n) is 5.75. The van der Waals surface area contributed by atoms with Crippen molar-refractivity contribution in [3.8, 4) is 5.75 Å². The smallest absolute Gasteiger partial charge is 0.254 e. The van der Waals surface area contributed by atoms with E-state index in [1.807, 2.05) is 12.1 Å². The summed E-state index contributed by atoms with van der Waals surface area (Å²) in [5.74, 6) is 0.628. The Morgan fingerprint density at radius 3 is 2.58 bits per heavy atom. The molecule has 0 spiro atoms. The Morgan fingerprint density at radius 2 is 1.84 bits per heavy atom. The molecule has 1 saturated heterocycles. The van der Waals surface area contributed by atoms with E-state index in [4.69, 9.17) is 14.5 Å². The number of nitrogens with zero attached hydrogens (tertiary/aromatic N) is 2. The fourth-order valence-electron chi connectivity index (χ4n) is 4.20. The number of carbonyl (C=O) groups is 2. The van der Waals surface area contributed by atoms with Crippen LogP contribution < -0.4 is 4.74 Å². The van der Waals surface area contributed by atoms with Gasteiger partial charge in [0.25, 0.3) is 5.91 Å². The molecule has 2 aliphatic heterocycles. The third kappa shape index (κ3) is 4.69. The summed E-state index contributed by atoms with van der Waals surface area (Å²) in [7, 11) is 1.63. The zero-order chi connectivity index (χ0) is 22.0. The van der Waals surface area contributed by atoms with Crippen LogP contribution in [-0.4, -0.2) is 61.3 Å². The number of hydrogen-bond acceptors (Lipinski definition) is 5. The van der Waals surface area contributed by atoms with E-state index in [9.17, 15) is 9.59 Å². The van der Waals surface area contributed by atoms with Crippen LogP contribution in [0.1, 0.15) is 52.1 Å². The first-order valence-corrected chi connectivity index (χ1v) is 10.6. The lowest BCUT2D eigenvalue weighted by Crippen LogP contribution is -2.40. The second-order valence-corrected chi connectivity index (χ2v) is 8.66. The minimum atomic E-state index is -0.272. The number of methoxy groups -OCH3 is 1. The van der Waals surface area contributed by atoms with Crippen LogP contribution in [0.25, 0.3) is 0 Å². The molecule has 0 bridgehead atoms. The van der Waals surface area contributed by atoms with Gasteiger partial charge in [0, 0.05) is 29.8 Å². The van der Waals surface area contributed by atoms with Crippen LogP contribution in [0.5, 0.6) is 5.75 Å². The van der Waals surface area contributed by atoms with Crippen molar-refractivity contribution in [3.05, 3.63) is 64.7 Å². The van der Waals surface area contributed by atoms with E-state index < -0.39 is 0 Å². The van der Waals surface area contributed by atoms with Gasteiger partial charge < -0.3 is 14.4 Å². The van der Waals surface area contributed by atoms with Crippen LogP contribution >= 0.6 is 0 Å². The standard InChI is InChI=1S/C25H28N2O4/c1-25(2)16-19-7-8-20(30-3)14-21(19)22(26-25)15-23(28)17-5-4-6-18(13-17)24(29)27-9-11-31-12-10-27/h4-8,13-14H,9-12,15-16H2,1-3H3. The van der Waals surface area contributed by atoms with Gasteiger partial charge in [-0.2, -0.15) is 0 Å². The van der Waals surface area contributed by atoms with E-state index in [-0.39, 0.29) is 23.7 Å². The lowest BCUT2D eigenvalue weighted by Gasteiger charge is -2.29. The van der Waals surface area contributed by atoms with Crippen molar-refractivity contribution in [2.24, 2.45) is 4.99 Å². The van der Waals surface area contributed by atoms with Gasteiger partial charge in [0.05, 0.1) is 38.0 Å². The average Bonchev–Trinajstić information content (AvgIpc) is 2.78. The molecule has 0 aromatic heterocycles. The minimum Gasteiger partial charge on any atom is -0.497 e. The highest BCUT2D eigenvalue weighted by Gasteiger charge is 2.28. The molecule has 2 aliphatic rings. The molecular formula is C25H28N2O4. The number of amides is 1. The van der Waals surface area contributed by atoms with Crippen molar-refractivity contribution >= 4 is 17.4 Å². The molecule has 2 heterocycles. The highest BCUT2D eigenvalue weighted by molar-refractivity contribution is 6.17. The fourth-order valence-corrected chi connectivity index (χ4v) is 4.20. The summed E-state index contributed by atoms with van der Waals surface area (Å²) < 4.78 is 10.7. The maximum Gasteiger partial charge on any atom is 0.254 e. The zero-order valence-electron chi connectivity index (χ0n) is 18.3. The Balaban J connectivity index is 1.58. The monoisotopic (exact) mass is 420 g/mol. The van der Waals surface area contributed by atoms with E-state index in [2.05, 4.69) is 19.9 Å². The molecule has 2 aromatic rings. The SMILES string of the molecule is COc1ccc2c(c1)C(CC(=O)c1cccc(C(=O)N3CCOCC3)c1)=NC(C)(C)C2. The second kappa shape index (κ2) is 8.63. The first kappa shape index (κ1) is 21.2. The first-order valence-electron chi connectivity index (χ1n) is 10.6. The fraction of sp³-hybridized carbons (Fsp3) is 0.400. The molecule has 0 radical (unpaired) electrons. The first-order chi connectivity index (χ1) is 14.9. The predicted octanol–water partition coefficient (Wildman–Crippen LogP) is 3.56. The molecule has 0 aliphatic carbocycles. The molecule has 1 fully saturated rings. The van der Waals surface area contributed by atoms with Crippen LogP contribution in [0.4, 0.5) is 0 Å². The van der Waals surface area contributed by atoms with Crippen molar-refractivity contribution in [1.82, 2.24) is 4.90 Å². The average molecular weight is 421 g/mol. The van der Waals surface area contributed by atoms with Gasteiger partial charge in [0.15, 0.2) is 5.78 Å². The number of ketones is 1. The predicted molar refractivity (Wildman–Crippen MR) is 119 cm³/mol. The van der Waals surface area contributed by atoms with Gasteiger partial charge >= 0.3 is 0 Å². The van der Waals surface area contributed by atoms with E-state index in [1.165, 1.54) is 5.56 Å². The Labute approximate surface area is 182 Å². The molecule has 0 saturated carbocycles. The Morgan fingerprint density at radius 1 is 1.10 bits per heavy atom. The zero-order valence-corrected chi connectivity index (χ0v) is 18.3. The molecule has 1 amide bonds.